The van der Waals surface area contributed by atoms with E-state index in [1.54, 1.807) is 6.92 Å². The Hall–Kier alpha value is -1.10. The number of hydrogen-bond donors (Lipinski definition) is 2. The minimum Gasteiger partial charge on any atom is -0.481 e. The minimum absolute atomic E-state index is 0.145. The fraction of sp³-hybridized carbons (Fsp3) is 0.867. The molecule has 0 aliphatic rings. The normalized spacial score (nSPS) is 13.3. The van der Waals surface area contributed by atoms with Crippen molar-refractivity contribution in [2.45, 2.75) is 60.0 Å². The summed E-state index contributed by atoms with van der Waals surface area (Å²) in [6, 6.07) is 0. The summed E-state index contributed by atoms with van der Waals surface area (Å²) in [5.74, 6) is -0.581. The molecule has 0 saturated carbocycles. The molecule has 0 rings (SSSR count). The van der Waals surface area contributed by atoms with Gasteiger partial charge in [0.05, 0.1) is 5.41 Å². The van der Waals surface area contributed by atoms with Crippen LogP contribution in [0.3, 0.4) is 0 Å². The van der Waals surface area contributed by atoms with Crippen LogP contribution >= 0.6 is 0 Å². The topological polar surface area (TPSA) is 75.6 Å². The highest BCUT2D eigenvalue weighted by molar-refractivity contribution is 5.82. The lowest BCUT2D eigenvalue weighted by atomic mass is 9.82. The van der Waals surface area contributed by atoms with Crippen LogP contribution in [0.1, 0.15) is 53.9 Å². The largest absolute Gasteiger partial charge is 0.481 e. The fourth-order valence-corrected chi connectivity index (χ4v) is 1.83. The first-order chi connectivity index (χ1) is 9.29. The van der Waals surface area contributed by atoms with Gasteiger partial charge in [-0.2, -0.15) is 0 Å². The molecule has 5 heteroatoms. The first-order valence-corrected chi connectivity index (χ1v) is 7.41. The molecular formula is C15H29NO4. The third kappa shape index (κ3) is 5.90. The van der Waals surface area contributed by atoms with Crippen LogP contribution in [-0.4, -0.2) is 36.2 Å². The second-order valence-electron chi connectivity index (χ2n) is 5.71. The third-order valence-corrected chi connectivity index (χ3v) is 3.84. The van der Waals surface area contributed by atoms with Gasteiger partial charge in [0.1, 0.15) is 6.10 Å². The molecule has 0 radical (unpaired) electrons. The van der Waals surface area contributed by atoms with Gasteiger partial charge in [0, 0.05) is 13.2 Å². The lowest BCUT2D eigenvalue weighted by Gasteiger charge is -2.27. The molecule has 0 fully saturated rings. The van der Waals surface area contributed by atoms with Crippen molar-refractivity contribution in [3.05, 3.63) is 0 Å². The molecule has 0 heterocycles. The Balaban J connectivity index is 4.28. The van der Waals surface area contributed by atoms with Crippen molar-refractivity contribution in [1.29, 1.82) is 0 Å². The van der Waals surface area contributed by atoms with Crippen LogP contribution in [0, 0.1) is 11.3 Å². The molecule has 5 nitrogen and oxygen atoms in total. The van der Waals surface area contributed by atoms with Crippen LogP contribution in [0.2, 0.25) is 0 Å². The summed E-state index contributed by atoms with van der Waals surface area (Å²) in [5, 5.41) is 12.0. The molecule has 0 aliphatic carbocycles. The van der Waals surface area contributed by atoms with E-state index < -0.39 is 17.5 Å². The van der Waals surface area contributed by atoms with E-state index in [-0.39, 0.29) is 12.5 Å². The number of nitrogens with one attached hydrogen (secondary N) is 1. The molecule has 118 valence electrons. The van der Waals surface area contributed by atoms with Gasteiger partial charge >= 0.3 is 5.97 Å². The number of rotatable bonds is 10. The fourth-order valence-electron chi connectivity index (χ4n) is 1.83. The van der Waals surface area contributed by atoms with Gasteiger partial charge in [-0.05, 0) is 32.1 Å². The molecule has 1 unspecified atom stereocenters. The first kappa shape index (κ1) is 18.9. The third-order valence-electron chi connectivity index (χ3n) is 3.84. The van der Waals surface area contributed by atoms with Crippen LogP contribution < -0.4 is 5.32 Å². The number of carboxylic acid groups (broad SMARTS) is 1. The predicted molar refractivity (Wildman–Crippen MR) is 78.5 cm³/mol. The standard InChI is InChI=1S/C15H29NO4/c1-6-15(7-2,14(18)19)10-16-13(17)12(5)20-9-8-11(3)4/h11-12H,6-10H2,1-5H3,(H,16,17)(H,18,19). The van der Waals surface area contributed by atoms with E-state index >= 15 is 0 Å². The molecule has 0 aromatic carbocycles. The van der Waals surface area contributed by atoms with E-state index in [1.165, 1.54) is 0 Å². The zero-order valence-corrected chi connectivity index (χ0v) is 13.4. The Morgan fingerprint density at radius 1 is 1.20 bits per heavy atom. The smallest absolute Gasteiger partial charge is 0.311 e. The number of carboxylic acids is 1. The number of amides is 1. The Labute approximate surface area is 122 Å². The second kappa shape index (κ2) is 8.95. The summed E-state index contributed by atoms with van der Waals surface area (Å²) in [4.78, 5) is 23.2. The lowest BCUT2D eigenvalue weighted by molar-refractivity contribution is -0.149. The van der Waals surface area contributed by atoms with E-state index in [4.69, 9.17) is 4.74 Å². The molecule has 0 saturated heterocycles. The maximum atomic E-state index is 11.9. The number of aliphatic carboxylic acids is 1. The minimum atomic E-state index is -0.882. The van der Waals surface area contributed by atoms with Crippen LogP contribution in [-0.2, 0) is 14.3 Å². The molecule has 0 aromatic rings. The van der Waals surface area contributed by atoms with E-state index in [2.05, 4.69) is 19.2 Å². The van der Waals surface area contributed by atoms with Crippen LogP contribution in [0.15, 0.2) is 0 Å². The summed E-state index contributed by atoms with van der Waals surface area (Å²) in [5.41, 5.74) is -0.882. The van der Waals surface area contributed by atoms with Gasteiger partial charge in [-0.1, -0.05) is 27.7 Å². The van der Waals surface area contributed by atoms with Gasteiger partial charge in [0.2, 0.25) is 5.91 Å². The van der Waals surface area contributed by atoms with Gasteiger partial charge in [-0.3, -0.25) is 9.59 Å². The highest BCUT2D eigenvalue weighted by atomic mass is 16.5. The molecule has 20 heavy (non-hydrogen) atoms. The number of hydrogen-bond acceptors (Lipinski definition) is 3. The summed E-state index contributed by atoms with van der Waals surface area (Å²) in [6.07, 6.45) is 1.33. The van der Waals surface area contributed by atoms with Crippen molar-refractivity contribution in [2.24, 2.45) is 11.3 Å². The van der Waals surface area contributed by atoms with Crippen molar-refractivity contribution in [2.75, 3.05) is 13.2 Å². The Kier molecular flexibility index (Phi) is 8.46. The maximum absolute atomic E-state index is 11.9. The molecule has 1 atom stereocenters. The molecule has 2 N–H and O–H groups in total. The van der Waals surface area contributed by atoms with E-state index in [1.807, 2.05) is 13.8 Å². The van der Waals surface area contributed by atoms with Crippen molar-refractivity contribution < 1.29 is 19.4 Å². The van der Waals surface area contributed by atoms with Crippen molar-refractivity contribution >= 4 is 11.9 Å². The van der Waals surface area contributed by atoms with Crippen molar-refractivity contribution in [1.82, 2.24) is 5.32 Å². The predicted octanol–water partition coefficient (Wildman–Crippen LogP) is 2.44. The molecular weight excluding hydrogens is 258 g/mol. The van der Waals surface area contributed by atoms with E-state index in [0.29, 0.717) is 25.4 Å². The van der Waals surface area contributed by atoms with E-state index in [0.717, 1.165) is 6.42 Å². The van der Waals surface area contributed by atoms with Gasteiger partial charge in [0.15, 0.2) is 0 Å². The maximum Gasteiger partial charge on any atom is 0.311 e. The Morgan fingerprint density at radius 3 is 2.15 bits per heavy atom. The van der Waals surface area contributed by atoms with Crippen molar-refractivity contribution in [3.63, 3.8) is 0 Å². The first-order valence-electron chi connectivity index (χ1n) is 7.41. The molecule has 0 aromatic heterocycles. The number of carbonyl (C=O) groups is 2. The van der Waals surface area contributed by atoms with Crippen LogP contribution in [0.4, 0.5) is 0 Å². The highest BCUT2D eigenvalue weighted by Gasteiger charge is 2.35. The molecule has 1 amide bonds. The molecule has 0 spiro atoms. The summed E-state index contributed by atoms with van der Waals surface area (Å²) in [7, 11) is 0. The zero-order valence-electron chi connectivity index (χ0n) is 13.4. The van der Waals surface area contributed by atoms with Gasteiger partial charge in [-0.15, -0.1) is 0 Å². The average Bonchev–Trinajstić information content (AvgIpc) is 2.39. The highest BCUT2D eigenvalue weighted by Crippen LogP contribution is 2.25. The summed E-state index contributed by atoms with van der Waals surface area (Å²) < 4.78 is 5.45. The summed E-state index contributed by atoms with van der Waals surface area (Å²) in [6.45, 7) is 10.2. The molecule has 0 aliphatic heterocycles. The Bertz CT molecular complexity index is 311. The summed E-state index contributed by atoms with van der Waals surface area (Å²) >= 11 is 0. The van der Waals surface area contributed by atoms with Crippen LogP contribution in [0.25, 0.3) is 0 Å². The average molecular weight is 287 g/mol. The van der Waals surface area contributed by atoms with Gasteiger partial charge in [-0.25, -0.2) is 0 Å². The monoisotopic (exact) mass is 287 g/mol. The van der Waals surface area contributed by atoms with Gasteiger partial charge < -0.3 is 15.2 Å². The lowest BCUT2D eigenvalue weighted by Crippen LogP contribution is -2.45. The van der Waals surface area contributed by atoms with Crippen LogP contribution in [0.5, 0.6) is 0 Å². The molecule has 0 bridgehead atoms. The SMILES string of the molecule is CCC(CC)(CNC(=O)C(C)OCCC(C)C)C(=O)O. The number of ether oxygens (including phenoxy) is 1. The van der Waals surface area contributed by atoms with E-state index in [9.17, 15) is 14.7 Å². The zero-order chi connectivity index (χ0) is 15.8. The Morgan fingerprint density at radius 2 is 1.75 bits per heavy atom. The van der Waals surface area contributed by atoms with Crippen molar-refractivity contribution in [3.8, 4) is 0 Å². The number of carbonyl (C=O) groups excluding carboxylic acids is 1. The van der Waals surface area contributed by atoms with Gasteiger partial charge in [0.25, 0.3) is 0 Å². The quantitative estimate of drug-likeness (QED) is 0.647. The second-order valence-corrected chi connectivity index (χ2v) is 5.71.